The van der Waals surface area contributed by atoms with E-state index in [0.717, 1.165) is 6.54 Å². The molecule has 1 aliphatic rings. The molecule has 72 valence electrons. The zero-order valence-electron chi connectivity index (χ0n) is 7.93. The second-order valence-corrected chi connectivity index (χ2v) is 3.97. The van der Waals surface area contributed by atoms with E-state index in [-0.39, 0.29) is 0 Å². The van der Waals surface area contributed by atoms with Gasteiger partial charge in [-0.2, -0.15) is 5.10 Å². The van der Waals surface area contributed by atoms with Crippen molar-refractivity contribution in [2.24, 2.45) is 11.7 Å². The molecule has 2 heterocycles. The lowest BCUT2D eigenvalue weighted by atomic mass is 10.1. The van der Waals surface area contributed by atoms with Gasteiger partial charge in [0.05, 0.1) is 11.7 Å². The number of pyridine rings is 1. The summed E-state index contributed by atoms with van der Waals surface area (Å²) in [5.41, 5.74) is 8.24. The maximum atomic E-state index is 5.65. The van der Waals surface area contributed by atoms with Crippen LogP contribution in [0, 0.1) is 5.92 Å². The Kier molecular flexibility index (Phi) is 1.61. The average Bonchev–Trinajstić information content (AvgIpc) is 2.90. The lowest BCUT2D eigenvalue weighted by Crippen LogP contribution is -2.01. The molecule has 0 aromatic carbocycles. The summed E-state index contributed by atoms with van der Waals surface area (Å²) in [6, 6.07) is 6.17. The normalized spacial score (nSPS) is 25.5. The van der Waals surface area contributed by atoms with Crippen LogP contribution >= 0.6 is 0 Å². The van der Waals surface area contributed by atoms with Crippen molar-refractivity contribution >= 4 is 5.52 Å². The van der Waals surface area contributed by atoms with Crippen molar-refractivity contribution in [3.05, 3.63) is 36.2 Å². The third-order valence-corrected chi connectivity index (χ3v) is 3.08. The SMILES string of the molecule is NC[C@@H]1C[C@H]1c1cnn2ccccc12. The molecule has 2 aromatic rings. The molecular weight excluding hydrogens is 174 g/mol. The van der Waals surface area contributed by atoms with Gasteiger partial charge in [-0.05, 0) is 36.9 Å². The fraction of sp³-hybridized carbons (Fsp3) is 0.364. The van der Waals surface area contributed by atoms with Crippen LogP contribution < -0.4 is 5.73 Å². The van der Waals surface area contributed by atoms with Gasteiger partial charge < -0.3 is 5.73 Å². The van der Waals surface area contributed by atoms with Crippen LogP contribution in [0.3, 0.4) is 0 Å². The summed E-state index contributed by atoms with van der Waals surface area (Å²) in [5.74, 6) is 1.34. The third kappa shape index (κ3) is 1.06. The zero-order valence-corrected chi connectivity index (χ0v) is 7.93. The van der Waals surface area contributed by atoms with Gasteiger partial charge in [-0.3, -0.25) is 0 Å². The Labute approximate surface area is 82.5 Å². The van der Waals surface area contributed by atoms with E-state index in [2.05, 4.69) is 17.2 Å². The highest BCUT2D eigenvalue weighted by atomic mass is 15.2. The third-order valence-electron chi connectivity index (χ3n) is 3.08. The van der Waals surface area contributed by atoms with Crippen LogP contribution in [0.2, 0.25) is 0 Å². The maximum Gasteiger partial charge on any atom is 0.0696 e. The number of fused-ring (bicyclic) bond motifs is 1. The van der Waals surface area contributed by atoms with Gasteiger partial charge >= 0.3 is 0 Å². The van der Waals surface area contributed by atoms with Gasteiger partial charge in [0.25, 0.3) is 0 Å². The smallest absolute Gasteiger partial charge is 0.0696 e. The minimum Gasteiger partial charge on any atom is -0.330 e. The molecular formula is C11H13N3. The first-order valence-electron chi connectivity index (χ1n) is 5.02. The molecule has 0 bridgehead atoms. The molecule has 3 heteroatoms. The highest BCUT2D eigenvalue weighted by Gasteiger charge is 2.38. The number of hydrogen-bond acceptors (Lipinski definition) is 2. The molecule has 0 unspecified atom stereocenters. The van der Waals surface area contributed by atoms with Crippen molar-refractivity contribution in [1.29, 1.82) is 0 Å². The number of nitrogens with zero attached hydrogens (tertiary/aromatic N) is 2. The number of hydrogen-bond donors (Lipinski definition) is 1. The summed E-state index contributed by atoms with van der Waals surface area (Å²) in [6.45, 7) is 0.800. The van der Waals surface area contributed by atoms with E-state index in [1.807, 2.05) is 23.0 Å². The molecule has 3 nitrogen and oxygen atoms in total. The molecule has 0 amide bonds. The van der Waals surface area contributed by atoms with E-state index in [1.54, 1.807) is 0 Å². The molecule has 1 saturated carbocycles. The molecule has 1 fully saturated rings. The Morgan fingerprint density at radius 1 is 1.50 bits per heavy atom. The van der Waals surface area contributed by atoms with Gasteiger partial charge in [0.1, 0.15) is 0 Å². The summed E-state index contributed by atoms with van der Waals surface area (Å²) in [6.07, 6.45) is 5.20. The lowest BCUT2D eigenvalue weighted by molar-refractivity contribution is 0.812. The molecule has 0 saturated heterocycles. The van der Waals surface area contributed by atoms with Gasteiger partial charge in [0.15, 0.2) is 0 Å². The molecule has 3 rings (SSSR count). The van der Waals surface area contributed by atoms with Crippen LogP contribution in [0.5, 0.6) is 0 Å². The molecule has 2 atom stereocenters. The van der Waals surface area contributed by atoms with Crippen molar-refractivity contribution < 1.29 is 0 Å². The number of rotatable bonds is 2. The Morgan fingerprint density at radius 3 is 3.21 bits per heavy atom. The predicted molar refractivity (Wildman–Crippen MR) is 55.1 cm³/mol. The van der Waals surface area contributed by atoms with Gasteiger partial charge in [-0.15, -0.1) is 0 Å². The number of aromatic nitrogens is 2. The maximum absolute atomic E-state index is 5.65. The van der Waals surface area contributed by atoms with E-state index >= 15 is 0 Å². The largest absolute Gasteiger partial charge is 0.330 e. The van der Waals surface area contributed by atoms with Crippen molar-refractivity contribution in [1.82, 2.24) is 9.61 Å². The molecule has 2 N–H and O–H groups in total. The Morgan fingerprint density at radius 2 is 2.43 bits per heavy atom. The average molecular weight is 187 g/mol. The van der Waals surface area contributed by atoms with Gasteiger partial charge in [0.2, 0.25) is 0 Å². The van der Waals surface area contributed by atoms with E-state index in [0.29, 0.717) is 11.8 Å². The molecule has 0 radical (unpaired) electrons. The fourth-order valence-corrected chi connectivity index (χ4v) is 2.13. The van der Waals surface area contributed by atoms with Crippen molar-refractivity contribution in [2.45, 2.75) is 12.3 Å². The highest BCUT2D eigenvalue weighted by molar-refractivity contribution is 5.56. The number of nitrogens with two attached hydrogens (primary N) is 1. The molecule has 0 spiro atoms. The Hall–Kier alpha value is -1.35. The molecule has 1 aliphatic carbocycles. The second-order valence-electron chi connectivity index (χ2n) is 3.97. The summed E-state index contributed by atoms with van der Waals surface area (Å²) in [5, 5.41) is 4.32. The first-order valence-corrected chi connectivity index (χ1v) is 5.02. The summed E-state index contributed by atoms with van der Waals surface area (Å²) >= 11 is 0. The minimum absolute atomic E-state index is 0.653. The first kappa shape index (κ1) is 8.00. The lowest BCUT2D eigenvalue weighted by Gasteiger charge is -1.96. The van der Waals surface area contributed by atoms with Gasteiger partial charge in [0, 0.05) is 11.8 Å². The minimum atomic E-state index is 0.653. The Bertz CT molecular complexity index is 460. The van der Waals surface area contributed by atoms with Crippen molar-refractivity contribution in [3.63, 3.8) is 0 Å². The molecule has 14 heavy (non-hydrogen) atoms. The van der Waals surface area contributed by atoms with E-state index in [9.17, 15) is 0 Å². The van der Waals surface area contributed by atoms with Crippen LogP contribution in [0.15, 0.2) is 30.6 Å². The molecule has 0 aliphatic heterocycles. The Balaban J connectivity index is 2.06. The quantitative estimate of drug-likeness (QED) is 0.772. The van der Waals surface area contributed by atoms with E-state index in [4.69, 9.17) is 5.73 Å². The van der Waals surface area contributed by atoms with Gasteiger partial charge in [-0.1, -0.05) is 6.07 Å². The summed E-state index contributed by atoms with van der Waals surface area (Å²) in [7, 11) is 0. The summed E-state index contributed by atoms with van der Waals surface area (Å²) in [4.78, 5) is 0. The van der Waals surface area contributed by atoms with E-state index in [1.165, 1.54) is 17.5 Å². The van der Waals surface area contributed by atoms with Crippen LogP contribution in [0.4, 0.5) is 0 Å². The van der Waals surface area contributed by atoms with E-state index < -0.39 is 0 Å². The topological polar surface area (TPSA) is 43.3 Å². The van der Waals surface area contributed by atoms with Crippen LogP contribution in [0.1, 0.15) is 17.9 Å². The fourth-order valence-electron chi connectivity index (χ4n) is 2.13. The first-order chi connectivity index (χ1) is 6.90. The van der Waals surface area contributed by atoms with Crippen LogP contribution in [0.25, 0.3) is 5.52 Å². The zero-order chi connectivity index (χ0) is 9.54. The van der Waals surface area contributed by atoms with Crippen LogP contribution in [-0.4, -0.2) is 16.2 Å². The molecule has 2 aromatic heterocycles. The van der Waals surface area contributed by atoms with Crippen molar-refractivity contribution in [3.8, 4) is 0 Å². The second kappa shape index (κ2) is 2.82. The standard InChI is InChI=1S/C11H13N3/c12-6-8-5-9(8)10-7-13-14-4-2-1-3-11(10)14/h1-4,7-9H,5-6,12H2/t8-,9+/m0/s1. The predicted octanol–water partition coefficient (Wildman–Crippen LogP) is 1.40. The van der Waals surface area contributed by atoms with Crippen molar-refractivity contribution in [2.75, 3.05) is 6.54 Å². The van der Waals surface area contributed by atoms with Crippen LogP contribution in [-0.2, 0) is 0 Å². The monoisotopic (exact) mass is 187 g/mol. The van der Waals surface area contributed by atoms with Gasteiger partial charge in [-0.25, -0.2) is 4.52 Å². The summed E-state index contributed by atoms with van der Waals surface area (Å²) < 4.78 is 1.93. The highest BCUT2D eigenvalue weighted by Crippen LogP contribution is 2.47.